The molecule has 1 aliphatic heterocycles. The summed E-state index contributed by atoms with van der Waals surface area (Å²) in [4.78, 5) is 15.1. The van der Waals surface area contributed by atoms with Gasteiger partial charge in [0.15, 0.2) is 9.84 Å². The molecule has 2 N–H and O–H groups in total. The summed E-state index contributed by atoms with van der Waals surface area (Å²) in [6.07, 6.45) is 4.70. The molecule has 0 radical (unpaired) electrons. The molecule has 0 unspecified atom stereocenters. The molecular formula is C22H29NO5S. The first-order valence-electron chi connectivity index (χ1n) is 10.6. The standard InChI is InChI=1S/C22H29NO5S/c1-29(27,28)19-4-2-15(3-5-19)22(10-20(25)23-11-18(24)12-23)16-6-13-7-17(22)9-14(8-16)21(13)26/h2-5,13-14,16-18,21,24,26H,6-12H2,1H3. The lowest BCUT2D eigenvalue weighted by molar-refractivity contribution is -0.158. The highest BCUT2D eigenvalue weighted by Gasteiger charge is 2.61. The summed E-state index contributed by atoms with van der Waals surface area (Å²) in [6.45, 7) is 0.808. The van der Waals surface area contributed by atoms with Crippen molar-refractivity contribution in [2.75, 3.05) is 19.3 Å². The van der Waals surface area contributed by atoms with Crippen molar-refractivity contribution in [3.8, 4) is 0 Å². The smallest absolute Gasteiger partial charge is 0.223 e. The summed E-state index contributed by atoms with van der Waals surface area (Å²) >= 11 is 0. The number of amides is 1. The van der Waals surface area contributed by atoms with Crippen LogP contribution in [-0.2, 0) is 20.0 Å². The van der Waals surface area contributed by atoms with Gasteiger partial charge in [-0.3, -0.25) is 4.79 Å². The molecule has 5 aliphatic rings. The molecule has 4 saturated carbocycles. The van der Waals surface area contributed by atoms with E-state index in [-0.39, 0.29) is 17.4 Å². The molecule has 1 aromatic carbocycles. The number of aliphatic hydroxyl groups excluding tert-OH is 2. The molecular weight excluding hydrogens is 390 g/mol. The van der Waals surface area contributed by atoms with Gasteiger partial charge in [-0.15, -0.1) is 0 Å². The Morgan fingerprint density at radius 2 is 1.55 bits per heavy atom. The van der Waals surface area contributed by atoms with Crippen LogP contribution in [0.4, 0.5) is 0 Å². The van der Waals surface area contributed by atoms with E-state index in [1.54, 1.807) is 17.0 Å². The SMILES string of the molecule is CS(=O)(=O)c1ccc(C2(CC(=O)N3CC(O)C3)C3CC4CC2CC(C3)C4O)cc1. The van der Waals surface area contributed by atoms with Crippen molar-refractivity contribution < 1.29 is 23.4 Å². The molecule has 6 rings (SSSR count). The lowest BCUT2D eigenvalue weighted by Gasteiger charge is -2.63. The molecule has 6 nitrogen and oxygen atoms in total. The maximum atomic E-state index is 13.1. The number of sulfone groups is 1. The molecule has 4 bridgehead atoms. The van der Waals surface area contributed by atoms with Crippen LogP contribution in [0.25, 0.3) is 0 Å². The minimum Gasteiger partial charge on any atom is -0.393 e. The molecule has 5 fully saturated rings. The molecule has 29 heavy (non-hydrogen) atoms. The number of aliphatic hydroxyl groups is 2. The van der Waals surface area contributed by atoms with Gasteiger partial charge in [0, 0.05) is 31.2 Å². The molecule has 0 spiro atoms. The van der Waals surface area contributed by atoms with Crippen LogP contribution in [0.1, 0.15) is 37.7 Å². The highest BCUT2D eigenvalue weighted by Crippen LogP contribution is 2.64. The van der Waals surface area contributed by atoms with Gasteiger partial charge in [0.25, 0.3) is 0 Å². The van der Waals surface area contributed by atoms with E-state index in [9.17, 15) is 23.4 Å². The number of likely N-dealkylation sites (tertiary alicyclic amines) is 1. The lowest BCUT2D eigenvalue weighted by Crippen LogP contribution is -2.62. The number of carbonyl (C=O) groups excluding carboxylic acids is 1. The van der Waals surface area contributed by atoms with Gasteiger partial charge in [0.1, 0.15) is 0 Å². The van der Waals surface area contributed by atoms with Gasteiger partial charge in [0.05, 0.1) is 17.1 Å². The van der Waals surface area contributed by atoms with Crippen molar-refractivity contribution in [3.63, 3.8) is 0 Å². The van der Waals surface area contributed by atoms with Gasteiger partial charge >= 0.3 is 0 Å². The zero-order valence-electron chi connectivity index (χ0n) is 16.7. The van der Waals surface area contributed by atoms with Gasteiger partial charge in [0.2, 0.25) is 5.91 Å². The van der Waals surface area contributed by atoms with E-state index in [1.807, 2.05) is 12.1 Å². The van der Waals surface area contributed by atoms with E-state index in [2.05, 4.69) is 0 Å². The Hall–Kier alpha value is -1.44. The second-order valence-electron chi connectivity index (χ2n) is 9.81. The topological polar surface area (TPSA) is 94.9 Å². The van der Waals surface area contributed by atoms with Crippen LogP contribution in [0.5, 0.6) is 0 Å². The van der Waals surface area contributed by atoms with E-state index < -0.39 is 15.9 Å². The maximum absolute atomic E-state index is 13.1. The Balaban J connectivity index is 1.53. The Kier molecular flexibility index (Phi) is 4.39. The van der Waals surface area contributed by atoms with E-state index >= 15 is 0 Å². The zero-order valence-corrected chi connectivity index (χ0v) is 17.5. The van der Waals surface area contributed by atoms with E-state index in [0.717, 1.165) is 31.2 Å². The van der Waals surface area contributed by atoms with Crippen LogP contribution in [0.2, 0.25) is 0 Å². The number of rotatable bonds is 4. The van der Waals surface area contributed by atoms with Crippen molar-refractivity contribution in [1.82, 2.24) is 4.90 Å². The van der Waals surface area contributed by atoms with Gasteiger partial charge in [-0.2, -0.15) is 0 Å². The zero-order chi connectivity index (χ0) is 20.6. The summed E-state index contributed by atoms with van der Waals surface area (Å²) in [7, 11) is -3.27. The lowest BCUT2D eigenvalue weighted by atomic mass is 9.42. The number of hydrogen-bond donors (Lipinski definition) is 2. The summed E-state index contributed by atoms with van der Waals surface area (Å²) in [6, 6.07) is 7.16. The Morgan fingerprint density at radius 3 is 2.00 bits per heavy atom. The van der Waals surface area contributed by atoms with Crippen LogP contribution >= 0.6 is 0 Å². The van der Waals surface area contributed by atoms with Gasteiger partial charge < -0.3 is 15.1 Å². The van der Waals surface area contributed by atoms with Crippen LogP contribution in [-0.4, -0.2) is 61.0 Å². The average molecular weight is 420 g/mol. The Bertz CT molecular complexity index is 889. The second-order valence-corrected chi connectivity index (χ2v) is 11.8. The van der Waals surface area contributed by atoms with Crippen molar-refractivity contribution in [1.29, 1.82) is 0 Å². The molecule has 1 amide bonds. The predicted molar refractivity (Wildman–Crippen MR) is 107 cm³/mol. The van der Waals surface area contributed by atoms with E-state index in [1.165, 1.54) is 6.26 Å². The first kappa shape index (κ1) is 19.5. The monoisotopic (exact) mass is 419 g/mol. The number of nitrogens with zero attached hydrogens (tertiary/aromatic N) is 1. The normalized spacial score (nSPS) is 38.9. The predicted octanol–water partition coefficient (Wildman–Crippen LogP) is 1.35. The molecule has 158 valence electrons. The molecule has 1 saturated heterocycles. The molecule has 1 aromatic rings. The van der Waals surface area contributed by atoms with Crippen molar-refractivity contribution in [2.45, 2.75) is 54.6 Å². The van der Waals surface area contributed by atoms with Gasteiger partial charge in [-0.25, -0.2) is 8.42 Å². The Labute approximate surface area is 171 Å². The molecule has 0 aromatic heterocycles. The maximum Gasteiger partial charge on any atom is 0.223 e. The largest absolute Gasteiger partial charge is 0.393 e. The fraction of sp³-hybridized carbons (Fsp3) is 0.682. The van der Waals surface area contributed by atoms with Crippen LogP contribution in [0.15, 0.2) is 29.2 Å². The molecule has 1 heterocycles. The van der Waals surface area contributed by atoms with Gasteiger partial charge in [-0.1, -0.05) is 12.1 Å². The highest BCUT2D eigenvalue weighted by atomic mass is 32.2. The van der Waals surface area contributed by atoms with Gasteiger partial charge in [-0.05, 0) is 67.1 Å². The number of benzene rings is 1. The number of carbonyl (C=O) groups is 1. The Morgan fingerprint density at radius 1 is 1.03 bits per heavy atom. The third kappa shape index (κ3) is 2.96. The van der Waals surface area contributed by atoms with Crippen molar-refractivity contribution in [2.24, 2.45) is 23.7 Å². The summed E-state index contributed by atoms with van der Waals surface area (Å²) in [5, 5.41) is 20.2. The quantitative estimate of drug-likeness (QED) is 0.768. The molecule has 4 aliphatic carbocycles. The average Bonchev–Trinajstić information content (AvgIpc) is 2.63. The second kappa shape index (κ2) is 6.53. The molecule has 0 atom stereocenters. The first-order chi connectivity index (χ1) is 13.7. The molecule has 7 heteroatoms. The van der Waals surface area contributed by atoms with Crippen LogP contribution in [0, 0.1) is 23.7 Å². The minimum absolute atomic E-state index is 0.0792. The van der Waals surface area contributed by atoms with Crippen LogP contribution < -0.4 is 0 Å². The minimum atomic E-state index is -3.27. The third-order valence-electron chi connectivity index (χ3n) is 8.25. The van der Waals surface area contributed by atoms with E-state index in [0.29, 0.717) is 48.1 Å². The number of β-amino-alcohol motifs (C(OH)–C–C–N with tert-alkyl or cyclic N) is 1. The fourth-order valence-corrected chi connectivity index (χ4v) is 7.49. The fourth-order valence-electron chi connectivity index (χ4n) is 6.86. The first-order valence-corrected chi connectivity index (χ1v) is 12.5. The third-order valence-corrected chi connectivity index (χ3v) is 9.38. The number of hydrogen-bond acceptors (Lipinski definition) is 5. The van der Waals surface area contributed by atoms with Crippen LogP contribution in [0.3, 0.4) is 0 Å². The van der Waals surface area contributed by atoms with E-state index in [4.69, 9.17) is 0 Å². The van der Waals surface area contributed by atoms with Crippen molar-refractivity contribution in [3.05, 3.63) is 29.8 Å². The summed E-state index contributed by atoms with van der Waals surface area (Å²) < 4.78 is 23.8. The summed E-state index contributed by atoms with van der Waals surface area (Å²) in [5.41, 5.74) is 0.753. The summed E-state index contributed by atoms with van der Waals surface area (Å²) in [5.74, 6) is 1.37. The van der Waals surface area contributed by atoms with Crippen molar-refractivity contribution >= 4 is 15.7 Å². The highest BCUT2D eigenvalue weighted by molar-refractivity contribution is 7.90.